The van der Waals surface area contributed by atoms with Gasteiger partial charge in [-0.2, -0.15) is 5.12 Å². The Kier molecular flexibility index (Phi) is 2.70. The number of benzene rings is 1. The Bertz CT molecular complexity index is 427. The molecule has 0 radical (unpaired) electrons. The van der Waals surface area contributed by atoms with Gasteiger partial charge in [0.1, 0.15) is 10.9 Å². The van der Waals surface area contributed by atoms with E-state index in [1.807, 2.05) is 30.3 Å². The van der Waals surface area contributed by atoms with E-state index >= 15 is 0 Å². The van der Waals surface area contributed by atoms with E-state index in [9.17, 15) is 0 Å². The summed E-state index contributed by atoms with van der Waals surface area (Å²) in [6, 6.07) is 9.41. The molecule has 0 atom stereocenters. The summed E-state index contributed by atoms with van der Waals surface area (Å²) in [7, 11) is 0. The van der Waals surface area contributed by atoms with Crippen LogP contribution in [0.5, 0.6) is 0 Å². The van der Waals surface area contributed by atoms with Gasteiger partial charge in [0.2, 0.25) is 0 Å². The smallest absolute Gasteiger partial charge is 0.177 e. The Morgan fingerprint density at radius 3 is 2.47 bits per heavy atom. The maximum atomic E-state index is 5.84. The highest BCUT2D eigenvalue weighted by atomic mass is 35.5. The molecule has 1 heterocycles. The van der Waals surface area contributed by atoms with Crippen LogP contribution in [0.4, 0.5) is 5.69 Å². The quantitative estimate of drug-likeness (QED) is 0.741. The highest BCUT2D eigenvalue weighted by Gasteiger charge is 2.17. The monoisotopic (exact) mass is 242 g/mol. The van der Waals surface area contributed by atoms with E-state index in [1.54, 1.807) is 0 Å². The van der Waals surface area contributed by atoms with Gasteiger partial charge in [-0.25, -0.2) is 0 Å². The molecule has 1 aromatic rings. The second-order valence-electron chi connectivity index (χ2n) is 2.88. The van der Waals surface area contributed by atoms with Crippen molar-refractivity contribution in [2.45, 2.75) is 0 Å². The zero-order valence-corrected chi connectivity index (χ0v) is 9.13. The SMILES string of the molecule is NC1=C(Cl)NN(c2ccccc2)N=C1Cl. The fourth-order valence-electron chi connectivity index (χ4n) is 1.10. The largest absolute Gasteiger partial charge is 0.394 e. The van der Waals surface area contributed by atoms with Gasteiger partial charge in [0.25, 0.3) is 0 Å². The molecule has 78 valence electrons. The average molecular weight is 243 g/mol. The molecule has 2 rings (SSSR count). The van der Waals surface area contributed by atoms with Crippen LogP contribution < -0.4 is 16.3 Å². The number of hydrazone groups is 1. The van der Waals surface area contributed by atoms with Crippen LogP contribution in [0.15, 0.2) is 46.3 Å². The van der Waals surface area contributed by atoms with Gasteiger partial charge in [0, 0.05) is 0 Å². The maximum absolute atomic E-state index is 5.84. The fourth-order valence-corrected chi connectivity index (χ4v) is 1.49. The number of nitrogens with one attached hydrogen (secondary N) is 1. The molecule has 0 bridgehead atoms. The Balaban J connectivity index is 2.30. The highest BCUT2D eigenvalue weighted by Crippen LogP contribution is 2.19. The van der Waals surface area contributed by atoms with Crippen molar-refractivity contribution in [3.63, 3.8) is 0 Å². The molecule has 0 saturated heterocycles. The minimum absolute atomic E-state index is 0.169. The first-order valence-electron chi connectivity index (χ1n) is 4.20. The van der Waals surface area contributed by atoms with Crippen molar-refractivity contribution in [1.29, 1.82) is 0 Å². The van der Waals surface area contributed by atoms with Crippen molar-refractivity contribution in [2.75, 3.05) is 5.12 Å². The highest BCUT2D eigenvalue weighted by molar-refractivity contribution is 6.70. The number of allylic oxidation sites excluding steroid dienone is 1. The van der Waals surface area contributed by atoms with E-state index < -0.39 is 0 Å². The van der Waals surface area contributed by atoms with Crippen LogP contribution in [0.3, 0.4) is 0 Å². The molecule has 6 heteroatoms. The predicted molar refractivity (Wildman–Crippen MR) is 62.4 cm³/mol. The number of hydrazine groups is 1. The van der Waals surface area contributed by atoms with Crippen LogP contribution >= 0.6 is 23.2 Å². The number of hydrogen-bond acceptors (Lipinski definition) is 4. The number of hydrogen-bond donors (Lipinski definition) is 2. The average Bonchev–Trinajstić information content (AvgIpc) is 2.26. The van der Waals surface area contributed by atoms with Crippen molar-refractivity contribution in [3.05, 3.63) is 41.2 Å². The second-order valence-corrected chi connectivity index (χ2v) is 3.61. The minimum Gasteiger partial charge on any atom is -0.394 e. The molecule has 0 fully saturated rings. The molecular weight excluding hydrogens is 235 g/mol. The van der Waals surface area contributed by atoms with Crippen molar-refractivity contribution in [1.82, 2.24) is 5.43 Å². The summed E-state index contributed by atoms with van der Waals surface area (Å²) in [6.45, 7) is 0. The van der Waals surface area contributed by atoms with Crippen molar-refractivity contribution in [2.24, 2.45) is 10.8 Å². The van der Waals surface area contributed by atoms with Crippen molar-refractivity contribution >= 4 is 34.1 Å². The summed E-state index contributed by atoms with van der Waals surface area (Å²) < 4.78 is 0. The number of rotatable bonds is 1. The number of para-hydroxylation sites is 1. The Labute approximate surface area is 96.9 Å². The fraction of sp³-hybridized carbons (Fsp3) is 0. The Morgan fingerprint density at radius 1 is 1.20 bits per heavy atom. The number of halogens is 2. The van der Waals surface area contributed by atoms with E-state index in [2.05, 4.69) is 10.5 Å². The standard InChI is InChI=1S/C9H8Cl2N4/c10-8-7(12)9(11)14-15(13-8)6-4-2-1-3-5-6/h1-5,13H,12H2. The van der Waals surface area contributed by atoms with Gasteiger partial charge in [0.15, 0.2) is 5.17 Å². The van der Waals surface area contributed by atoms with E-state index in [0.717, 1.165) is 5.69 Å². The Morgan fingerprint density at radius 2 is 1.87 bits per heavy atom. The van der Waals surface area contributed by atoms with Crippen LogP contribution in [0.2, 0.25) is 0 Å². The summed E-state index contributed by atoms with van der Waals surface area (Å²) in [6.07, 6.45) is 0. The zero-order valence-electron chi connectivity index (χ0n) is 7.61. The molecule has 0 saturated carbocycles. The third-order valence-corrected chi connectivity index (χ3v) is 2.42. The topological polar surface area (TPSA) is 53.6 Å². The lowest BCUT2D eigenvalue weighted by molar-refractivity contribution is 0.751. The molecule has 0 amide bonds. The normalized spacial score (nSPS) is 16.1. The minimum atomic E-state index is 0.169. The summed E-state index contributed by atoms with van der Waals surface area (Å²) in [4.78, 5) is 0. The Hall–Kier alpha value is -1.39. The number of anilines is 1. The van der Waals surface area contributed by atoms with Crippen LogP contribution in [-0.2, 0) is 0 Å². The van der Waals surface area contributed by atoms with Gasteiger partial charge in [-0.05, 0) is 12.1 Å². The maximum Gasteiger partial charge on any atom is 0.177 e. The lowest BCUT2D eigenvalue weighted by Crippen LogP contribution is -2.38. The molecule has 3 N–H and O–H groups in total. The summed E-state index contributed by atoms with van der Waals surface area (Å²) >= 11 is 11.7. The van der Waals surface area contributed by atoms with E-state index in [1.165, 1.54) is 5.12 Å². The van der Waals surface area contributed by atoms with E-state index in [0.29, 0.717) is 0 Å². The van der Waals surface area contributed by atoms with Gasteiger partial charge in [-0.15, -0.1) is 5.10 Å². The van der Waals surface area contributed by atoms with E-state index in [4.69, 9.17) is 28.9 Å². The first kappa shape index (κ1) is 10.1. The van der Waals surface area contributed by atoms with Gasteiger partial charge >= 0.3 is 0 Å². The van der Waals surface area contributed by atoms with Gasteiger partial charge in [-0.1, -0.05) is 41.4 Å². The van der Waals surface area contributed by atoms with E-state index in [-0.39, 0.29) is 16.0 Å². The summed E-state index contributed by atoms with van der Waals surface area (Å²) in [5.41, 5.74) is 9.41. The first-order chi connectivity index (χ1) is 7.18. The molecule has 0 aliphatic carbocycles. The molecule has 1 aliphatic rings. The van der Waals surface area contributed by atoms with Crippen LogP contribution in [0.1, 0.15) is 0 Å². The molecule has 0 aromatic heterocycles. The van der Waals surface area contributed by atoms with Gasteiger partial charge in [0.05, 0.1) is 5.69 Å². The van der Waals surface area contributed by atoms with Gasteiger partial charge in [-0.3, -0.25) is 5.43 Å². The van der Waals surface area contributed by atoms with Crippen LogP contribution in [0, 0.1) is 0 Å². The van der Waals surface area contributed by atoms with Crippen molar-refractivity contribution in [3.8, 4) is 0 Å². The lowest BCUT2D eigenvalue weighted by atomic mass is 10.3. The lowest BCUT2D eigenvalue weighted by Gasteiger charge is -2.24. The zero-order chi connectivity index (χ0) is 10.8. The molecule has 1 aliphatic heterocycles. The summed E-state index contributed by atoms with van der Waals surface area (Å²) in [5, 5.41) is 5.91. The molecular formula is C9H8Cl2N4. The first-order valence-corrected chi connectivity index (χ1v) is 4.95. The molecule has 1 aromatic carbocycles. The predicted octanol–water partition coefficient (Wildman–Crippen LogP) is 1.93. The third kappa shape index (κ3) is 2.00. The molecule has 0 spiro atoms. The van der Waals surface area contributed by atoms with Crippen LogP contribution in [-0.4, -0.2) is 5.17 Å². The number of nitrogens with two attached hydrogens (primary N) is 1. The third-order valence-electron chi connectivity index (χ3n) is 1.85. The van der Waals surface area contributed by atoms with Crippen molar-refractivity contribution < 1.29 is 0 Å². The second kappa shape index (κ2) is 4.00. The molecule has 15 heavy (non-hydrogen) atoms. The van der Waals surface area contributed by atoms with Gasteiger partial charge < -0.3 is 5.73 Å². The van der Waals surface area contributed by atoms with Crippen LogP contribution in [0.25, 0.3) is 0 Å². The molecule has 4 nitrogen and oxygen atoms in total. The molecule has 0 unspecified atom stereocenters. The summed E-state index contributed by atoms with van der Waals surface area (Å²) in [5.74, 6) is 0. The number of nitrogens with zero attached hydrogens (tertiary/aromatic N) is 2.